The fourth-order valence-corrected chi connectivity index (χ4v) is 3.17. The van der Waals surface area contributed by atoms with Crippen molar-refractivity contribution in [1.82, 2.24) is 4.57 Å². The lowest BCUT2D eigenvalue weighted by Crippen LogP contribution is -2.36. The minimum atomic E-state index is -0.248. The highest BCUT2D eigenvalue weighted by molar-refractivity contribution is 5.60. The van der Waals surface area contributed by atoms with Crippen LogP contribution in [0.25, 0.3) is 5.69 Å². The molecule has 0 fully saturated rings. The average molecular weight is 339 g/mol. The summed E-state index contributed by atoms with van der Waals surface area (Å²) in [6.45, 7) is 4.31. The van der Waals surface area contributed by atoms with E-state index in [-0.39, 0.29) is 24.1 Å². The summed E-state index contributed by atoms with van der Waals surface area (Å²) in [5, 5.41) is 9.65. The van der Waals surface area contributed by atoms with Crippen molar-refractivity contribution >= 4 is 5.82 Å². The highest BCUT2D eigenvalue weighted by Gasteiger charge is 2.29. The van der Waals surface area contributed by atoms with E-state index in [1.54, 1.807) is 31.4 Å². The number of nitrogen functional groups attached to an aromatic ring is 1. The lowest BCUT2D eigenvalue weighted by Gasteiger charge is -2.29. The van der Waals surface area contributed by atoms with Crippen molar-refractivity contribution in [2.45, 2.75) is 33.0 Å². The van der Waals surface area contributed by atoms with Crippen molar-refractivity contribution in [3.05, 3.63) is 51.3 Å². The van der Waals surface area contributed by atoms with Gasteiger partial charge in [0.05, 0.1) is 31.1 Å². The van der Waals surface area contributed by atoms with Gasteiger partial charge >= 0.3 is 0 Å². The molecule has 6 nitrogen and oxygen atoms in total. The molecule has 2 N–H and O–H groups in total. The van der Waals surface area contributed by atoms with Gasteiger partial charge in [0.15, 0.2) is 0 Å². The number of pyridine rings is 1. The van der Waals surface area contributed by atoms with Crippen molar-refractivity contribution in [3.8, 4) is 17.5 Å². The van der Waals surface area contributed by atoms with Gasteiger partial charge in [-0.15, -0.1) is 0 Å². The summed E-state index contributed by atoms with van der Waals surface area (Å²) in [7, 11) is 1.55. The summed E-state index contributed by atoms with van der Waals surface area (Å²) in [5.41, 5.74) is 8.11. The van der Waals surface area contributed by atoms with Gasteiger partial charge in [0.2, 0.25) is 0 Å². The van der Waals surface area contributed by atoms with Gasteiger partial charge in [-0.2, -0.15) is 5.26 Å². The summed E-state index contributed by atoms with van der Waals surface area (Å²) >= 11 is 0. The Kier molecular flexibility index (Phi) is 4.51. The molecule has 25 heavy (non-hydrogen) atoms. The van der Waals surface area contributed by atoms with E-state index >= 15 is 0 Å². The molecule has 0 unspecified atom stereocenters. The normalized spacial score (nSPS) is 16.4. The summed E-state index contributed by atoms with van der Waals surface area (Å²) < 4.78 is 12.4. The third-order valence-corrected chi connectivity index (χ3v) is 4.64. The number of methoxy groups -OCH3 is 1. The molecule has 1 aromatic carbocycles. The van der Waals surface area contributed by atoms with Crippen LogP contribution < -0.4 is 16.0 Å². The molecule has 0 bridgehead atoms. The number of nitrogens with zero attached hydrogens (tertiary/aromatic N) is 2. The smallest absolute Gasteiger partial charge is 0.262 e. The predicted octanol–water partition coefficient (Wildman–Crippen LogP) is 2.40. The number of benzene rings is 1. The standard InChI is InChI=1S/C19H21N3O3/c1-11(2)17-8-14-15(9-20)18(21)22(19(23)16(14)10-25-17)12-5-4-6-13(7-12)24-3/h4-7,11,17H,8,10,21H2,1-3H3/t17-/m0/s1. The predicted molar refractivity (Wildman–Crippen MR) is 94.8 cm³/mol. The largest absolute Gasteiger partial charge is 0.497 e. The maximum absolute atomic E-state index is 13.0. The minimum Gasteiger partial charge on any atom is -0.497 e. The number of nitriles is 1. The van der Waals surface area contributed by atoms with E-state index in [1.807, 2.05) is 0 Å². The van der Waals surface area contributed by atoms with Crippen molar-refractivity contribution in [2.24, 2.45) is 5.92 Å². The first-order valence-electron chi connectivity index (χ1n) is 8.20. The molecule has 0 amide bonds. The van der Waals surface area contributed by atoms with E-state index in [0.717, 1.165) is 0 Å². The summed E-state index contributed by atoms with van der Waals surface area (Å²) in [6, 6.07) is 9.21. The van der Waals surface area contributed by atoms with Gasteiger partial charge in [-0.25, -0.2) is 0 Å². The Bertz CT molecular complexity index is 909. The molecule has 130 valence electrons. The Morgan fingerprint density at radius 3 is 2.80 bits per heavy atom. The Labute approximate surface area is 146 Å². The summed E-state index contributed by atoms with van der Waals surface area (Å²) in [6.07, 6.45) is 0.500. The molecule has 3 rings (SSSR count). The average Bonchev–Trinajstić information content (AvgIpc) is 2.62. The SMILES string of the molecule is COc1cccc(-n2c(N)c(C#N)c3c(c2=O)CO[C@H](C(C)C)C3)c1. The number of nitrogens with two attached hydrogens (primary N) is 1. The Hall–Kier alpha value is -2.78. The van der Waals surface area contributed by atoms with Crippen LogP contribution in [0.3, 0.4) is 0 Å². The Morgan fingerprint density at radius 2 is 2.16 bits per heavy atom. The number of hydrogen-bond donors (Lipinski definition) is 1. The van der Waals surface area contributed by atoms with Crippen LogP contribution in [-0.4, -0.2) is 17.8 Å². The zero-order chi connectivity index (χ0) is 18.1. The molecule has 0 saturated carbocycles. The van der Waals surface area contributed by atoms with E-state index < -0.39 is 0 Å². The van der Waals surface area contributed by atoms with Gasteiger partial charge < -0.3 is 15.2 Å². The van der Waals surface area contributed by atoms with Crippen LogP contribution in [0, 0.1) is 17.2 Å². The van der Waals surface area contributed by atoms with Gasteiger partial charge in [-0.3, -0.25) is 9.36 Å². The fraction of sp³-hybridized carbons (Fsp3) is 0.368. The molecule has 0 spiro atoms. The topological polar surface area (TPSA) is 90.3 Å². The first-order chi connectivity index (χ1) is 12.0. The highest BCUT2D eigenvalue weighted by Crippen LogP contribution is 2.29. The first-order valence-corrected chi connectivity index (χ1v) is 8.20. The number of ether oxygens (including phenoxy) is 2. The molecule has 2 aromatic rings. The van der Waals surface area contributed by atoms with E-state index in [1.165, 1.54) is 4.57 Å². The number of anilines is 1. The van der Waals surface area contributed by atoms with E-state index in [9.17, 15) is 10.1 Å². The summed E-state index contributed by atoms with van der Waals surface area (Å²) in [4.78, 5) is 13.0. The molecular weight excluding hydrogens is 318 g/mol. The molecular formula is C19H21N3O3. The molecule has 1 atom stereocenters. The molecule has 0 saturated heterocycles. The second-order valence-corrected chi connectivity index (χ2v) is 6.47. The number of rotatable bonds is 3. The van der Waals surface area contributed by atoms with Crippen LogP contribution >= 0.6 is 0 Å². The molecule has 1 aliphatic heterocycles. The number of aromatic nitrogens is 1. The quantitative estimate of drug-likeness (QED) is 0.927. The van der Waals surface area contributed by atoms with Crippen molar-refractivity contribution in [2.75, 3.05) is 12.8 Å². The maximum atomic E-state index is 13.0. The van der Waals surface area contributed by atoms with Gasteiger partial charge in [-0.1, -0.05) is 19.9 Å². The first kappa shape index (κ1) is 17.1. The number of hydrogen-bond acceptors (Lipinski definition) is 5. The number of fused-ring (bicyclic) bond motifs is 1. The third-order valence-electron chi connectivity index (χ3n) is 4.64. The van der Waals surface area contributed by atoms with Gasteiger partial charge in [-0.05, 0) is 23.6 Å². The van der Waals surface area contributed by atoms with Crippen LogP contribution in [0.15, 0.2) is 29.1 Å². The second-order valence-electron chi connectivity index (χ2n) is 6.47. The van der Waals surface area contributed by atoms with E-state index in [4.69, 9.17) is 15.2 Å². The van der Waals surface area contributed by atoms with Crippen LogP contribution in [0.4, 0.5) is 5.82 Å². The molecule has 6 heteroatoms. The highest BCUT2D eigenvalue weighted by atomic mass is 16.5. The maximum Gasteiger partial charge on any atom is 0.262 e. The van der Waals surface area contributed by atoms with Gasteiger partial charge in [0.25, 0.3) is 5.56 Å². The second kappa shape index (κ2) is 6.61. The van der Waals surface area contributed by atoms with Gasteiger partial charge in [0, 0.05) is 18.1 Å². The lowest BCUT2D eigenvalue weighted by atomic mass is 9.91. The van der Waals surface area contributed by atoms with Crippen LogP contribution in [0.1, 0.15) is 30.5 Å². The molecule has 2 heterocycles. The van der Waals surface area contributed by atoms with Crippen LogP contribution in [0.2, 0.25) is 0 Å². The third kappa shape index (κ3) is 2.87. The van der Waals surface area contributed by atoms with Crippen molar-refractivity contribution in [1.29, 1.82) is 5.26 Å². The molecule has 1 aliphatic rings. The molecule has 0 aliphatic carbocycles. The minimum absolute atomic E-state index is 0.0222. The molecule has 1 aromatic heterocycles. The van der Waals surface area contributed by atoms with E-state index in [0.29, 0.717) is 40.5 Å². The lowest BCUT2D eigenvalue weighted by molar-refractivity contribution is -0.00117. The van der Waals surface area contributed by atoms with Crippen LogP contribution in [-0.2, 0) is 17.8 Å². The fourth-order valence-electron chi connectivity index (χ4n) is 3.17. The Balaban J connectivity index is 2.23. The van der Waals surface area contributed by atoms with Gasteiger partial charge in [0.1, 0.15) is 17.6 Å². The molecule has 0 radical (unpaired) electrons. The zero-order valence-electron chi connectivity index (χ0n) is 14.6. The van der Waals surface area contributed by atoms with Crippen molar-refractivity contribution in [3.63, 3.8) is 0 Å². The van der Waals surface area contributed by atoms with Crippen LogP contribution in [0.5, 0.6) is 5.75 Å². The monoisotopic (exact) mass is 339 g/mol. The Morgan fingerprint density at radius 1 is 1.40 bits per heavy atom. The summed E-state index contributed by atoms with van der Waals surface area (Å²) in [5.74, 6) is 1.06. The zero-order valence-corrected chi connectivity index (χ0v) is 14.6. The van der Waals surface area contributed by atoms with Crippen molar-refractivity contribution < 1.29 is 9.47 Å². The van der Waals surface area contributed by atoms with E-state index in [2.05, 4.69) is 19.9 Å².